The standard InChI is InChI=1S/C22H31N5/c1-23-22(25-14-12-21-7-3-4-13-24-21)26-17-19-8-10-20(11-9-19)18-27-15-5-2-6-16-27/h3-4,7-11,13H,2,5-6,12,14-18H2,1H3,(H2,23,25,26). The molecule has 1 aliphatic heterocycles. The fourth-order valence-electron chi connectivity index (χ4n) is 3.40. The fraction of sp³-hybridized carbons (Fsp3) is 0.455. The molecule has 0 radical (unpaired) electrons. The minimum absolute atomic E-state index is 0.771. The van der Waals surface area contributed by atoms with E-state index in [2.05, 4.69) is 49.8 Å². The van der Waals surface area contributed by atoms with Gasteiger partial charge >= 0.3 is 0 Å². The lowest BCUT2D eigenvalue weighted by Gasteiger charge is -2.26. The van der Waals surface area contributed by atoms with Crippen molar-refractivity contribution in [1.82, 2.24) is 20.5 Å². The monoisotopic (exact) mass is 365 g/mol. The van der Waals surface area contributed by atoms with Gasteiger partial charge in [0.15, 0.2) is 5.96 Å². The molecule has 0 bridgehead atoms. The van der Waals surface area contributed by atoms with E-state index in [4.69, 9.17) is 0 Å². The summed E-state index contributed by atoms with van der Waals surface area (Å²) in [5.74, 6) is 0.823. The molecule has 5 nitrogen and oxygen atoms in total. The van der Waals surface area contributed by atoms with E-state index in [1.165, 1.54) is 43.5 Å². The first-order valence-electron chi connectivity index (χ1n) is 9.98. The third-order valence-electron chi connectivity index (χ3n) is 4.96. The number of pyridine rings is 1. The Morgan fingerprint density at radius 2 is 1.78 bits per heavy atom. The van der Waals surface area contributed by atoms with Crippen molar-refractivity contribution in [2.75, 3.05) is 26.7 Å². The summed E-state index contributed by atoms with van der Waals surface area (Å²) in [6.45, 7) is 5.14. The second-order valence-electron chi connectivity index (χ2n) is 7.08. The molecule has 1 aromatic heterocycles. The zero-order valence-corrected chi connectivity index (χ0v) is 16.3. The van der Waals surface area contributed by atoms with Gasteiger partial charge in [0.25, 0.3) is 0 Å². The molecular formula is C22H31N5. The van der Waals surface area contributed by atoms with E-state index in [1.807, 2.05) is 24.4 Å². The van der Waals surface area contributed by atoms with Crippen molar-refractivity contribution in [2.24, 2.45) is 4.99 Å². The molecule has 5 heteroatoms. The molecule has 1 aromatic carbocycles. The van der Waals surface area contributed by atoms with Crippen LogP contribution in [0, 0.1) is 0 Å². The first-order valence-corrected chi connectivity index (χ1v) is 9.98. The third kappa shape index (κ3) is 6.68. The van der Waals surface area contributed by atoms with Crippen LogP contribution in [0.4, 0.5) is 0 Å². The van der Waals surface area contributed by atoms with E-state index < -0.39 is 0 Å². The Morgan fingerprint density at radius 1 is 1.00 bits per heavy atom. The lowest BCUT2D eigenvalue weighted by atomic mass is 10.1. The highest BCUT2D eigenvalue weighted by atomic mass is 15.2. The third-order valence-corrected chi connectivity index (χ3v) is 4.96. The molecule has 0 unspecified atom stereocenters. The summed E-state index contributed by atoms with van der Waals surface area (Å²) in [7, 11) is 1.80. The summed E-state index contributed by atoms with van der Waals surface area (Å²) in [5, 5.41) is 6.73. The van der Waals surface area contributed by atoms with Gasteiger partial charge in [-0.15, -0.1) is 0 Å². The number of hydrogen-bond donors (Lipinski definition) is 2. The normalized spacial score (nSPS) is 15.5. The molecule has 1 fully saturated rings. The molecule has 144 valence electrons. The van der Waals surface area contributed by atoms with Gasteiger partial charge in [0.1, 0.15) is 0 Å². The predicted molar refractivity (Wildman–Crippen MR) is 112 cm³/mol. The minimum atomic E-state index is 0.771. The maximum Gasteiger partial charge on any atom is 0.191 e. The topological polar surface area (TPSA) is 52.6 Å². The molecule has 3 rings (SSSR count). The first-order chi connectivity index (χ1) is 13.3. The highest BCUT2D eigenvalue weighted by Crippen LogP contribution is 2.13. The van der Waals surface area contributed by atoms with Crippen LogP contribution in [0.15, 0.2) is 53.7 Å². The summed E-state index contributed by atoms with van der Waals surface area (Å²) >= 11 is 0. The number of nitrogens with zero attached hydrogens (tertiary/aromatic N) is 3. The summed E-state index contributed by atoms with van der Waals surface area (Å²) in [5.41, 5.74) is 3.76. The fourth-order valence-corrected chi connectivity index (χ4v) is 3.40. The van der Waals surface area contributed by atoms with Gasteiger partial charge in [0, 0.05) is 45.0 Å². The van der Waals surface area contributed by atoms with E-state index in [0.29, 0.717) is 0 Å². The molecule has 0 atom stereocenters. The Labute approximate surface area is 162 Å². The van der Waals surface area contributed by atoms with Gasteiger partial charge < -0.3 is 10.6 Å². The van der Waals surface area contributed by atoms with Crippen LogP contribution in [-0.2, 0) is 19.5 Å². The van der Waals surface area contributed by atoms with Crippen LogP contribution in [0.3, 0.4) is 0 Å². The maximum atomic E-state index is 4.34. The van der Waals surface area contributed by atoms with Gasteiger partial charge in [-0.1, -0.05) is 36.8 Å². The summed E-state index contributed by atoms with van der Waals surface area (Å²) in [6.07, 6.45) is 6.78. The Morgan fingerprint density at radius 3 is 2.48 bits per heavy atom. The molecule has 27 heavy (non-hydrogen) atoms. The number of likely N-dealkylation sites (tertiary alicyclic amines) is 1. The highest BCUT2D eigenvalue weighted by Gasteiger charge is 2.10. The van der Waals surface area contributed by atoms with Gasteiger partial charge in [-0.25, -0.2) is 0 Å². The molecule has 1 saturated heterocycles. The molecule has 1 aliphatic rings. The number of aromatic nitrogens is 1. The molecule has 0 spiro atoms. The highest BCUT2D eigenvalue weighted by molar-refractivity contribution is 5.79. The van der Waals surface area contributed by atoms with Gasteiger partial charge in [0.05, 0.1) is 0 Å². The van der Waals surface area contributed by atoms with Crippen molar-refractivity contribution in [3.63, 3.8) is 0 Å². The lowest BCUT2D eigenvalue weighted by Crippen LogP contribution is -2.37. The molecule has 0 amide bonds. The molecule has 2 N–H and O–H groups in total. The largest absolute Gasteiger partial charge is 0.356 e. The zero-order chi connectivity index (χ0) is 18.7. The van der Waals surface area contributed by atoms with Gasteiger partial charge in [0.2, 0.25) is 0 Å². The Bertz CT molecular complexity index is 690. The van der Waals surface area contributed by atoms with Crippen LogP contribution in [-0.4, -0.2) is 42.5 Å². The number of aliphatic imine (C=N–C) groups is 1. The Hall–Kier alpha value is -2.40. The van der Waals surface area contributed by atoms with Crippen molar-refractivity contribution in [3.8, 4) is 0 Å². The SMILES string of the molecule is CN=C(NCCc1ccccn1)NCc1ccc(CN2CCCCC2)cc1. The maximum absolute atomic E-state index is 4.34. The second-order valence-corrected chi connectivity index (χ2v) is 7.08. The first kappa shape index (κ1) is 19.4. The van der Waals surface area contributed by atoms with E-state index in [-0.39, 0.29) is 0 Å². The number of benzene rings is 1. The number of hydrogen-bond acceptors (Lipinski definition) is 3. The lowest BCUT2D eigenvalue weighted by molar-refractivity contribution is 0.221. The van der Waals surface area contributed by atoms with Gasteiger partial charge in [-0.3, -0.25) is 14.9 Å². The van der Waals surface area contributed by atoms with Crippen LogP contribution < -0.4 is 10.6 Å². The van der Waals surface area contributed by atoms with Crippen molar-refractivity contribution in [2.45, 2.75) is 38.8 Å². The average Bonchev–Trinajstić information content (AvgIpc) is 2.73. The van der Waals surface area contributed by atoms with Crippen LogP contribution >= 0.6 is 0 Å². The zero-order valence-electron chi connectivity index (χ0n) is 16.3. The summed E-state index contributed by atoms with van der Waals surface area (Å²) in [4.78, 5) is 11.2. The van der Waals surface area contributed by atoms with Crippen LogP contribution in [0.1, 0.15) is 36.1 Å². The number of nitrogens with one attached hydrogen (secondary N) is 2. The molecule has 0 aliphatic carbocycles. The van der Waals surface area contributed by atoms with E-state index >= 15 is 0 Å². The Balaban J connectivity index is 1.40. The van der Waals surface area contributed by atoms with Crippen molar-refractivity contribution in [1.29, 1.82) is 0 Å². The smallest absolute Gasteiger partial charge is 0.191 e. The van der Waals surface area contributed by atoms with E-state index in [1.54, 1.807) is 7.05 Å². The van der Waals surface area contributed by atoms with E-state index in [9.17, 15) is 0 Å². The van der Waals surface area contributed by atoms with Crippen LogP contribution in [0.2, 0.25) is 0 Å². The molecule has 2 heterocycles. The van der Waals surface area contributed by atoms with Crippen molar-refractivity contribution in [3.05, 3.63) is 65.5 Å². The van der Waals surface area contributed by atoms with E-state index in [0.717, 1.165) is 37.7 Å². The quantitative estimate of drug-likeness (QED) is 0.585. The number of piperidine rings is 1. The minimum Gasteiger partial charge on any atom is -0.356 e. The predicted octanol–water partition coefficient (Wildman–Crippen LogP) is 2.98. The molecule has 2 aromatic rings. The van der Waals surface area contributed by atoms with Crippen LogP contribution in [0.5, 0.6) is 0 Å². The van der Waals surface area contributed by atoms with Crippen LogP contribution in [0.25, 0.3) is 0 Å². The number of guanidine groups is 1. The van der Waals surface area contributed by atoms with Gasteiger partial charge in [-0.05, 0) is 49.2 Å². The Kier molecular flexibility index (Phi) is 7.66. The molecular weight excluding hydrogens is 334 g/mol. The van der Waals surface area contributed by atoms with Crippen molar-refractivity contribution < 1.29 is 0 Å². The summed E-state index contributed by atoms with van der Waals surface area (Å²) < 4.78 is 0. The van der Waals surface area contributed by atoms with Crippen molar-refractivity contribution >= 4 is 5.96 Å². The average molecular weight is 366 g/mol. The molecule has 0 saturated carbocycles. The summed E-state index contributed by atoms with van der Waals surface area (Å²) in [6, 6.07) is 14.9. The second kappa shape index (κ2) is 10.7. The number of rotatable bonds is 7. The van der Waals surface area contributed by atoms with Gasteiger partial charge in [-0.2, -0.15) is 0 Å².